The molecule has 6 nitrogen and oxygen atoms in total. The van der Waals surface area contributed by atoms with Crippen molar-refractivity contribution in [2.24, 2.45) is 13.0 Å². The number of benzene rings is 1. The molecule has 1 unspecified atom stereocenters. The standard InChI is InChI=1S/C22H30N4O2S/c1-16(2)20(29-15-17-7-5-4-6-8-17)22(28)26-11-9-19(10-12-26)24-21(27)18-13-23-25(3)14-18/h4-8,13-14,16,19-20H,9-12,15H2,1-3H3,(H,24,27). The summed E-state index contributed by atoms with van der Waals surface area (Å²) in [4.78, 5) is 27.4. The average molecular weight is 415 g/mol. The number of carbonyl (C=O) groups is 2. The molecule has 2 amide bonds. The number of amides is 2. The molecule has 1 aliphatic heterocycles. The van der Waals surface area contributed by atoms with E-state index in [9.17, 15) is 9.59 Å². The summed E-state index contributed by atoms with van der Waals surface area (Å²) in [6.07, 6.45) is 4.86. The van der Waals surface area contributed by atoms with Crippen molar-refractivity contribution < 1.29 is 9.59 Å². The van der Waals surface area contributed by atoms with Gasteiger partial charge in [0.05, 0.1) is 17.0 Å². The lowest BCUT2D eigenvalue weighted by Crippen LogP contribution is -2.49. The molecule has 1 aromatic heterocycles. The van der Waals surface area contributed by atoms with Crippen LogP contribution in [0.2, 0.25) is 0 Å². The summed E-state index contributed by atoms with van der Waals surface area (Å²) in [5.74, 6) is 1.24. The number of carbonyl (C=O) groups excluding carboxylic acids is 2. The molecule has 0 spiro atoms. The van der Waals surface area contributed by atoms with Crippen LogP contribution in [0, 0.1) is 5.92 Å². The summed E-state index contributed by atoms with van der Waals surface area (Å²) >= 11 is 1.73. The zero-order chi connectivity index (χ0) is 20.8. The molecule has 0 saturated carbocycles. The molecule has 29 heavy (non-hydrogen) atoms. The third kappa shape index (κ3) is 5.85. The molecule has 0 bridgehead atoms. The monoisotopic (exact) mass is 414 g/mol. The van der Waals surface area contributed by atoms with E-state index in [0.29, 0.717) is 18.7 Å². The highest BCUT2D eigenvalue weighted by Crippen LogP contribution is 2.27. The summed E-state index contributed by atoms with van der Waals surface area (Å²) in [7, 11) is 1.79. The third-order valence-corrected chi connectivity index (χ3v) is 6.84. The lowest BCUT2D eigenvalue weighted by Gasteiger charge is -2.35. The Morgan fingerprint density at radius 2 is 1.90 bits per heavy atom. The number of hydrogen-bond donors (Lipinski definition) is 1. The van der Waals surface area contributed by atoms with Crippen molar-refractivity contribution in [1.29, 1.82) is 0 Å². The van der Waals surface area contributed by atoms with Gasteiger partial charge in [-0.2, -0.15) is 5.10 Å². The molecule has 2 heterocycles. The van der Waals surface area contributed by atoms with Crippen LogP contribution in [0.1, 0.15) is 42.6 Å². The van der Waals surface area contributed by atoms with Gasteiger partial charge < -0.3 is 10.2 Å². The predicted octanol–water partition coefficient (Wildman–Crippen LogP) is 3.10. The fraction of sp³-hybridized carbons (Fsp3) is 0.500. The second kappa shape index (κ2) is 9.96. The first-order valence-electron chi connectivity index (χ1n) is 10.2. The van der Waals surface area contributed by atoms with Gasteiger partial charge in [-0.25, -0.2) is 0 Å². The van der Waals surface area contributed by atoms with Crippen molar-refractivity contribution in [1.82, 2.24) is 20.0 Å². The first-order chi connectivity index (χ1) is 13.9. The van der Waals surface area contributed by atoms with Gasteiger partial charge in [-0.15, -0.1) is 11.8 Å². The highest BCUT2D eigenvalue weighted by Gasteiger charge is 2.31. The number of aryl methyl sites for hydroxylation is 1. The largest absolute Gasteiger partial charge is 0.349 e. The van der Waals surface area contributed by atoms with Crippen LogP contribution < -0.4 is 5.32 Å². The topological polar surface area (TPSA) is 67.2 Å². The summed E-state index contributed by atoms with van der Waals surface area (Å²) in [6.45, 7) is 5.60. The molecule has 1 aromatic carbocycles. The van der Waals surface area contributed by atoms with Crippen molar-refractivity contribution in [3.63, 3.8) is 0 Å². The van der Waals surface area contributed by atoms with E-state index in [1.807, 2.05) is 23.1 Å². The Morgan fingerprint density at radius 3 is 2.48 bits per heavy atom. The number of nitrogens with zero attached hydrogens (tertiary/aromatic N) is 3. The van der Waals surface area contributed by atoms with Crippen LogP contribution in [0.4, 0.5) is 0 Å². The molecule has 1 saturated heterocycles. The Labute approximate surface area is 177 Å². The highest BCUT2D eigenvalue weighted by atomic mass is 32.2. The Balaban J connectivity index is 1.50. The number of likely N-dealkylation sites (tertiary alicyclic amines) is 1. The predicted molar refractivity (Wildman–Crippen MR) is 117 cm³/mol. The van der Waals surface area contributed by atoms with Gasteiger partial charge in [-0.3, -0.25) is 14.3 Å². The Morgan fingerprint density at radius 1 is 1.21 bits per heavy atom. The molecule has 2 aromatic rings. The van der Waals surface area contributed by atoms with Crippen LogP contribution in [0.15, 0.2) is 42.7 Å². The van der Waals surface area contributed by atoms with Gasteiger partial charge >= 0.3 is 0 Å². The molecule has 7 heteroatoms. The van der Waals surface area contributed by atoms with E-state index < -0.39 is 0 Å². The molecule has 3 rings (SSSR count). The van der Waals surface area contributed by atoms with Gasteiger partial charge in [0.2, 0.25) is 5.91 Å². The zero-order valence-electron chi connectivity index (χ0n) is 17.4. The van der Waals surface area contributed by atoms with Crippen molar-refractivity contribution >= 4 is 23.6 Å². The first kappa shape index (κ1) is 21.4. The average Bonchev–Trinajstić information content (AvgIpc) is 3.15. The molecule has 0 aliphatic carbocycles. The zero-order valence-corrected chi connectivity index (χ0v) is 18.2. The number of aromatic nitrogens is 2. The minimum absolute atomic E-state index is 0.0447. The van der Waals surface area contributed by atoms with Crippen LogP contribution >= 0.6 is 11.8 Å². The molecular formula is C22H30N4O2S. The van der Waals surface area contributed by atoms with Gasteiger partial charge in [-0.05, 0) is 24.3 Å². The number of rotatable bonds is 7. The van der Waals surface area contributed by atoms with E-state index in [4.69, 9.17) is 0 Å². The van der Waals surface area contributed by atoms with Crippen molar-refractivity contribution in [3.05, 3.63) is 53.9 Å². The van der Waals surface area contributed by atoms with E-state index in [-0.39, 0.29) is 29.0 Å². The van der Waals surface area contributed by atoms with E-state index in [1.54, 1.807) is 35.9 Å². The summed E-state index contributed by atoms with van der Waals surface area (Å²) in [5, 5.41) is 7.07. The number of nitrogens with one attached hydrogen (secondary N) is 1. The third-order valence-electron chi connectivity index (χ3n) is 5.23. The van der Waals surface area contributed by atoms with E-state index in [0.717, 1.165) is 18.6 Å². The molecule has 1 N–H and O–H groups in total. The molecule has 1 atom stereocenters. The van der Waals surface area contributed by atoms with E-state index in [2.05, 4.69) is 36.4 Å². The molecule has 0 radical (unpaired) electrons. The number of hydrogen-bond acceptors (Lipinski definition) is 4. The maximum absolute atomic E-state index is 13.1. The molecule has 1 aliphatic rings. The maximum Gasteiger partial charge on any atom is 0.254 e. The van der Waals surface area contributed by atoms with Gasteiger partial charge in [-0.1, -0.05) is 44.2 Å². The van der Waals surface area contributed by atoms with Crippen LogP contribution in [0.3, 0.4) is 0 Å². The Kier molecular flexibility index (Phi) is 7.36. The van der Waals surface area contributed by atoms with Gasteiger partial charge in [0.25, 0.3) is 5.91 Å². The highest BCUT2D eigenvalue weighted by molar-refractivity contribution is 7.99. The fourth-order valence-corrected chi connectivity index (χ4v) is 4.78. The molecule has 1 fully saturated rings. The lowest BCUT2D eigenvalue weighted by molar-refractivity contribution is -0.132. The maximum atomic E-state index is 13.1. The Hall–Kier alpha value is -2.28. The lowest BCUT2D eigenvalue weighted by atomic mass is 10.0. The smallest absolute Gasteiger partial charge is 0.254 e. The van der Waals surface area contributed by atoms with Crippen molar-refractivity contribution in [3.8, 4) is 0 Å². The SMILES string of the molecule is CC(C)C(SCc1ccccc1)C(=O)N1CCC(NC(=O)c2cnn(C)c2)CC1. The van der Waals surface area contributed by atoms with Gasteiger partial charge in [0.1, 0.15) is 0 Å². The van der Waals surface area contributed by atoms with Crippen LogP contribution in [0.25, 0.3) is 0 Å². The van der Waals surface area contributed by atoms with E-state index >= 15 is 0 Å². The number of thioether (sulfide) groups is 1. The summed E-state index contributed by atoms with van der Waals surface area (Å²) < 4.78 is 1.62. The van der Waals surface area contributed by atoms with E-state index in [1.165, 1.54) is 5.56 Å². The van der Waals surface area contributed by atoms with Crippen LogP contribution in [-0.4, -0.2) is 50.9 Å². The fourth-order valence-electron chi connectivity index (χ4n) is 3.54. The molecular weight excluding hydrogens is 384 g/mol. The quantitative estimate of drug-likeness (QED) is 0.756. The first-order valence-corrected chi connectivity index (χ1v) is 11.2. The van der Waals surface area contributed by atoms with Gasteiger partial charge in [0.15, 0.2) is 0 Å². The van der Waals surface area contributed by atoms with Crippen molar-refractivity contribution in [2.75, 3.05) is 13.1 Å². The second-order valence-electron chi connectivity index (χ2n) is 7.94. The van der Waals surface area contributed by atoms with Gasteiger partial charge in [0, 0.05) is 38.1 Å². The number of piperidine rings is 1. The van der Waals surface area contributed by atoms with Crippen molar-refractivity contribution in [2.45, 2.75) is 43.7 Å². The second-order valence-corrected chi connectivity index (χ2v) is 9.07. The Bertz CT molecular complexity index is 813. The minimum atomic E-state index is -0.0960. The molecule has 156 valence electrons. The normalized spacial score (nSPS) is 16.1. The minimum Gasteiger partial charge on any atom is -0.349 e. The van der Waals surface area contributed by atoms with Crippen LogP contribution in [0.5, 0.6) is 0 Å². The summed E-state index contributed by atoms with van der Waals surface area (Å²) in [5.41, 5.74) is 1.82. The summed E-state index contributed by atoms with van der Waals surface area (Å²) in [6, 6.07) is 10.4. The van der Waals surface area contributed by atoms with Crippen LogP contribution in [-0.2, 0) is 17.6 Å².